The van der Waals surface area contributed by atoms with Crippen LogP contribution in [0.25, 0.3) is 0 Å². The van der Waals surface area contributed by atoms with E-state index in [2.05, 4.69) is 59.7 Å². The Morgan fingerprint density at radius 2 is 1.62 bits per heavy atom. The maximum Gasteiger partial charge on any atom is 0.253 e. The van der Waals surface area contributed by atoms with E-state index in [1.54, 1.807) is 0 Å². The van der Waals surface area contributed by atoms with Gasteiger partial charge < -0.3 is 9.80 Å². The van der Waals surface area contributed by atoms with Crippen molar-refractivity contribution in [1.29, 1.82) is 0 Å². The number of hydrogen-bond donors (Lipinski definition) is 0. The van der Waals surface area contributed by atoms with Crippen LogP contribution < -0.4 is 0 Å². The Labute approximate surface area is 224 Å². The number of piperazine rings is 1. The molecule has 3 heterocycles. The quantitative estimate of drug-likeness (QED) is 0.423. The Morgan fingerprint density at radius 3 is 2.32 bits per heavy atom. The van der Waals surface area contributed by atoms with Crippen LogP contribution in [0, 0.1) is 0 Å². The molecule has 2 amide bonds. The van der Waals surface area contributed by atoms with Gasteiger partial charge in [0, 0.05) is 43.2 Å². The molecule has 1 aromatic heterocycles. The van der Waals surface area contributed by atoms with E-state index in [1.807, 2.05) is 46.3 Å². The molecule has 0 spiro atoms. The summed E-state index contributed by atoms with van der Waals surface area (Å²) in [7, 11) is 0. The van der Waals surface area contributed by atoms with Gasteiger partial charge in [-0.15, -0.1) is 11.3 Å². The molecule has 1 saturated heterocycles. The van der Waals surface area contributed by atoms with Gasteiger partial charge in [0.1, 0.15) is 0 Å². The highest BCUT2D eigenvalue weighted by Gasteiger charge is 2.37. The molecule has 0 radical (unpaired) electrons. The summed E-state index contributed by atoms with van der Waals surface area (Å²) in [6.07, 6.45) is 4.37. The molecular weight excluding hydrogens is 478 g/mol. The van der Waals surface area contributed by atoms with Gasteiger partial charge in [0.25, 0.3) is 5.91 Å². The summed E-state index contributed by atoms with van der Waals surface area (Å²) in [6, 6.07) is 20.7. The number of amides is 2. The lowest BCUT2D eigenvalue weighted by Gasteiger charge is -2.42. The zero-order chi connectivity index (χ0) is 25.8. The molecule has 1 fully saturated rings. The van der Waals surface area contributed by atoms with E-state index in [9.17, 15) is 9.59 Å². The Hall–Kier alpha value is -2.96. The van der Waals surface area contributed by atoms with Gasteiger partial charge in [0.2, 0.25) is 5.91 Å². The number of aryl methyl sites for hydroxylation is 1. The van der Waals surface area contributed by atoms with Crippen molar-refractivity contribution in [3.05, 3.63) is 93.2 Å². The first-order chi connectivity index (χ1) is 18.1. The minimum absolute atomic E-state index is 0.0624. The summed E-state index contributed by atoms with van der Waals surface area (Å²) in [5, 5.41) is 2.17. The van der Waals surface area contributed by atoms with E-state index in [1.165, 1.54) is 34.4 Å². The lowest BCUT2D eigenvalue weighted by Crippen LogP contribution is -2.56. The number of carbonyl (C=O) groups excluding carboxylic acids is 2. The number of carbonyl (C=O) groups is 2. The van der Waals surface area contributed by atoms with Crippen molar-refractivity contribution in [2.24, 2.45) is 0 Å². The van der Waals surface area contributed by atoms with Crippen LogP contribution in [0.5, 0.6) is 0 Å². The van der Waals surface area contributed by atoms with Crippen molar-refractivity contribution in [3.63, 3.8) is 0 Å². The number of hydrogen-bond acceptors (Lipinski definition) is 4. The lowest BCUT2D eigenvalue weighted by molar-refractivity contribution is -0.138. The fraction of sp³-hybridized carbons (Fsp3) is 0.419. The van der Waals surface area contributed by atoms with Gasteiger partial charge in [-0.05, 0) is 66.5 Å². The van der Waals surface area contributed by atoms with Crippen molar-refractivity contribution in [2.45, 2.75) is 51.6 Å². The number of nitrogens with zero attached hydrogens (tertiary/aromatic N) is 3. The molecule has 5 rings (SSSR count). The molecule has 0 saturated carbocycles. The van der Waals surface area contributed by atoms with Gasteiger partial charge in [-0.3, -0.25) is 14.5 Å². The molecule has 3 aromatic rings. The van der Waals surface area contributed by atoms with Crippen LogP contribution in [0.15, 0.2) is 66.0 Å². The minimum Gasteiger partial charge on any atom is -0.338 e. The maximum absolute atomic E-state index is 13.7. The maximum atomic E-state index is 13.7. The number of unbranched alkanes of at least 4 members (excludes halogenated alkanes) is 1. The molecule has 0 bridgehead atoms. The van der Waals surface area contributed by atoms with E-state index in [-0.39, 0.29) is 23.9 Å². The van der Waals surface area contributed by atoms with Crippen LogP contribution in [0.1, 0.15) is 64.7 Å². The molecule has 2 atom stereocenters. The Kier molecular flexibility index (Phi) is 8.06. The van der Waals surface area contributed by atoms with E-state index in [4.69, 9.17) is 0 Å². The first-order valence-electron chi connectivity index (χ1n) is 13.6. The van der Waals surface area contributed by atoms with Crippen molar-refractivity contribution in [3.8, 4) is 0 Å². The summed E-state index contributed by atoms with van der Waals surface area (Å²) in [4.78, 5) is 34.4. The molecule has 2 aromatic carbocycles. The Bertz CT molecular complexity index is 1200. The zero-order valence-electron chi connectivity index (χ0n) is 21.9. The molecule has 194 valence electrons. The van der Waals surface area contributed by atoms with Gasteiger partial charge in [0.05, 0.1) is 12.1 Å². The summed E-state index contributed by atoms with van der Waals surface area (Å²) in [5.74, 6) is 0.222. The average molecular weight is 516 g/mol. The van der Waals surface area contributed by atoms with Crippen LogP contribution in [0.4, 0.5) is 0 Å². The van der Waals surface area contributed by atoms with Crippen molar-refractivity contribution in [1.82, 2.24) is 14.7 Å². The van der Waals surface area contributed by atoms with E-state index in [0.717, 1.165) is 24.9 Å². The lowest BCUT2D eigenvalue weighted by atomic mass is 9.92. The molecule has 6 heteroatoms. The van der Waals surface area contributed by atoms with E-state index in [0.29, 0.717) is 26.2 Å². The smallest absolute Gasteiger partial charge is 0.253 e. The van der Waals surface area contributed by atoms with Crippen molar-refractivity contribution in [2.75, 3.05) is 32.7 Å². The van der Waals surface area contributed by atoms with E-state index < -0.39 is 0 Å². The second-order valence-electron chi connectivity index (χ2n) is 10.2. The van der Waals surface area contributed by atoms with Crippen molar-refractivity contribution >= 4 is 23.2 Å². The second kappa shape index (κ2) is 11.6. The second-order valence-corrected chi connectivity index (χ2v) is 11.2. The standard InChI is InChI=1S/C31H37N3O2S/c1-3-4-8-24-11-13-26(14-12-24)31(36)33-20-18-32(19-21-33)30(35)23(2)34-17-15-28-27(16-22-37-28)29(34)25-9-6-5-7-10-25/h5-7,9-14,16,22-23,29H,3-4,8,15,17-21H2,1-2H3. The Morgan fingerprint density at radius 1 is 0.919 bits per heavy atom. The number of fused-ring (bicyclic) bond motifs is 1. The van der Waals surface area contributed by atoms with Crippen LogP contribution in [-0.4, -0.2) is 65.3 Å². The monoisotopic (exact) mass is 515 g/mol. The topological polar surface area (TPSA) is 43.9 Å². The van der Waals surface area contributed by atoms with Crippen LogP contribution in [-0.2, 0) is 17.6 Å². The van der Waals surface area contributed by atoms with Gasteiger partial charge in [-0.2, -0.15) is 0 Å². The van der Waals surface area contributed by atoms with Crippen LogP contribution in [0.3, 0.4) is 0 Å². The molecule has 5 nitrogen and oxygen atoms in total. The van der Waals surface area contributed by atoms with Crippen LogP contribution in [0.2, 0.25) is 0 Å². The largest absolute Gasteiger partial charge is 0.338 e. The fourth-order valence-corrected chi connectivity index (χ4v) is 6.58. The third-order valence-corrected chi connectivity index (χ3v) is 8.87. The molecule has 2 unspecified atom stereocenters. The predicted molar refractivity (Wildman–Crippen MR) is 150 cm³/mol. The molecule has 37 heavy (non-hydrogen) atoms. The van der Waals surface area contributed by atoms with Gasteiger partial charge in [0.15, 0.2) is 0 Å². The fourth-order valence-electron chi connectivity index (χ4n) is 5.67. The summed E-state index contributed by atoms with van der Waals surface area (Å²) in [5.41, 5.74) is 4.58. The summed E-state index contributed by atoms with van der Waals surface area (Å²) in [6.45, 7) is 7.42. The predicted octanol–water partition coefficient (Wildman–Crippen LogP) is 5.41. The molecule has 2 aliphatic rings. The molecule has 0 aliphatic carbocycles. The SMILES string of the molecule is CCCCc1ccc(C(=O)N2CCN(C(=O)C(C)N3CCc4sccc4C3c3ccccc3)CC2)cc1. The first-order valence-corrected chi connectivity index (χ1v) is 14.5. The number of thiophene rings is 1. The molecule has 2 aliphatic heterocycles. The number of benzene rings is 2. The third-order valence-electron chi connectivity index (χ3n) is 7.87. The highest BCUT2D eigenvalue weighted by atomic mass is 32.1. The number of rotatable bonds is 7. The van der Waals surface area contributed by atoms with Gasteiger partial charge in [-0.1, -0.05) is 55.8 Å². The van der Waals surface area contributed by atoms with Crippen molar-refractivity contribution < 1.29 is 9.59 Å². The zero-order valence-corrected chi connectivity index (χ0v) is 22.8. The highest BCUT2D eigenvalue weighted by Crippen LogP contribution is 2.39. The Balaban J connectivity index is 1.22. The normalized spacial score (nSPS) is 18.9. The third kappa shape index (κ3) is 5.51. The molecular formula is C31H37N3O2S. The first kappa shape index (κ1) is 25.7. The van der Waals surface area contributed by atoms with E-state index >= 15 is 0 Å². The van der Waals surface area contributed by atoms with Crippen LogP contribution >= 0.6 is 11.3 Å². The van der Waals surface area contributed by atoms with Gasteiger partial charge >= 0.3 is 0 Å². The molecule has 0 N–H and O–H groups in total. The summed E-state index contributed by atoms with van der Waals surface area (Å²) < 4.78 is 0. The average Bonchev–Trinajstić information content (AvgIpc) is 3.44. The van der Waals surface area contributed by atoms with Gasteiger partial charge in [-0.25, -0.2) is 0 Å². The summed E-state index contributed by atoms with van der Waals surface area (Å²) >= 11 is 1.82. The minimum atomic E-state index is -0.226. The highest BCUT2D eigenvalue weighted by molar-refractivity contribution is 7.10.